The number of hydrogen-bond donors (Lipinski definition) is 2. The Morgan fingerprint density at radius 2 is 2.00 bits per heavy atom. The third kappa shape index (κ3) is 3.73. The Kier molecular flexibility index (Phi) is 3.92. The number of para-hydroxylation sites is 1. The first kappa shape index (κ1) is 13.4. The van der Waals surface area contributed by atoms with Gasteiger partial charge in [-0.15, -0.1) is 0 Å². The smallest absolute Gasteiger partial charge is 0.221 e. The summed E-state index contributed by atoms with van der Waals surface area (Å²) in [5.41, 5.74) is 8.03. The predicted octanol–water partition coefficient (Wildman–Crippen LogP) is 1.90. The molecule has 0 atom stereocenters. The average Bonchev–Trinajstić information content (AvgIpc) is 3.29. The molecule has 2 aliphatic rings. The lowest BCUT2D eigenvalue weighted by Crippen LogP contribution is -2.33. The van der Waals surface area contributed by atoms with E-state index in [1.165, 1.54) is 18.4 Å². The van der Waals surface area contributed by atoms with Gasteiger partial charge in [-0.05, 0) is 37.3 Å². The number of nitrogens with one attached hydrogen (secondary N) is 1. The van der Waals surface area contributed by atoms with E-state index in [4.69, 9.17) is 5.73 Å². The van der Waals surface area contributed by atoms with E-state index in [0.29, 0.717) is 18.5 Å². The van der Waals surface area contributed by atoms with Crippen LogP contribution in [0.3, 0.4) is 0 Å². The van der Waals surface area contributed by atoms with Crippen molar-refractivity contribution in [1.29, 1.82) is 0 Å². The first-order valence-corrected chi connectivity index (χ1v) is 7.59. The lowest BCUT2D eigenvalue weighted by molar-refractivity contribution is -0.121. The van der Waals surface area contributed by atoms with Gasteiger partial charge in [0.1, 0.15) is 0 Å². The lowest BCUT2D eigenvalue weighted by atomic mass is 10.1. The van der Waals surface area contributed by atoms with E-state index < -0.39 is 0 Å². The van der Waals surface area contributed by atoms with Crippen LogP contribution in [0.5, 0.6) is 0 Å². The molecule has 2 saturated carbocycles. The molecule has 0 spiro atoms. The molecule has 0 bridgehead atoms. The summed E-state index contributed by atoms with van der Waals surface area (Å²) in [7, 11) is 0. The number of anilines is 1. The van der Waals surface area contributed by atoms with Crippen LogP contribution in [0.15, 0.2) is 24.3 Å². The van der Waals surface area contributed by atoms with E-state index in [1.54, 1.807) is 0 Å². The number of carbonyl (C=O) groups is 1. The molecule has 0 aliphatic heterocycles. The molecule has 20 heavy (non-hydrogen) atoms. The first-order chi connectivity index (χ1) is 9.72. The zero-order valence-electron chi connectivity index (χ0n) is 11.8. The average molecular weight is 273 g/mol. The Hall–Kier alpha value is -1.55. The minimum absolute atomic E-state index is 0.194. The van der Waals surface area contributed by atoms with Crippen LogP contribution in [-0.2, 0) is 11.3 Å². The molecule has 2 aliphatic carbocycles. The topological polar surface area (TPSA) is 58.4 Å². The summed E-state index contributed by atoms with van der Waals surface area (Å²) in [4.78, 5) is 14.2. The van der Waals surface area contributed by atoms with E-state index in [9.17, 15) is 4.79 Å². The fraction of sp³-hybridized carbons (Fsp3) is 0.562. The number of nitrogen functional groups attached to an aromatic ring is 1. The molecule has 0 aromatic heterocycles. The van der Waals surface area contributed by atoms with Crippen molar-refractivity contribution in [2.45, 2.75) is 50.7 Å². The van der Waals surface area contributed by atoms with Gasteiger partial charge >= 0.3 is 0 Å². The van der Waals surface area contributed by atoms with Crippen LogP contribution in [0.25, 0.3) is 0 Å². The fourth-order valence-electron chi connectivity index (χ4n) is 2.50. The Bertz CT molecular complexity index is 480. The molecular formula is C16H23N3O. The van der Waals surface area contributed by atoms with Gasteiger partial charge in [-0.3, -0.25) is 9.69 Å². The highest BCUT2D eigenvalue weighted by Gasteiger charge is 2.30. The van der Waals surface area contributed by atoms with Crippen molar-refractivity contribution in [3.8, 4) is 0 Å². The molecule has 3 rings (SSSR count). The van der Waals surface area contributed by atoms with E-state index in [0.717, 1.165) is 31.6 Å². The van der Waals surface area contributed by atoms with Crippen molar-refractivity contribution in [2.24, 2.45) is 0 Å². The molecule has 108 valence electrons. The van der Waals surface area contributed by atoms with Gasteiger partial charge in [0.2, 0.25) is 5.91 Å². The molecule has 3 N–H and O–H groups in total. The maximum absolute atomic E-state index is 11.8. The zero-order chi connectivity index (χ0) is 13.9. The quantitative estimate of drug-likeness (QED) is 0.746. The van der Waals surface area contributed by atoms with Crippen molar-refractivity contribution < 1.29 is 4.79 Å². The largest absolute Gasteiger partial charge is 0.398 e. The number of nitrogens with zero attached hydrogens (tertiary/aromatic N) is 1. The predicted molar refractivity (Wildman–Crippen MR) is 80.1 cm³/mol. The van der Waals surface area contributed by atoms with Crippen molar-refractivity contribution in [2.75, 3.05) is 12.3 Å². The fourth-order valence-corrected chi connectivity index (χ4v) is 2.50. The molecule has 1 aromatic carbocycles. The normalized spacial score (nSPS) is 18.2. The number of amides is 1. The number of rotatable bonds is 7. The van der Waals surface area contributed by atoms with E-state index in [2.05, 4.69) is 16.3 Å². The van der Waals surface area contributed by atoms with Crippen LogP contribution in [-0.4, -0.2) is 29.4 Å². The van der Waals surface area contributed by atoms with Gasteiger partial charge in [0.25, 0.3) is 0 Å². The number of hydrogen-bond acceptors (Lipinski definition) is 3. The second-order valence-corrected chi connectivity index (χ2v) is 5.99. The van der Waals surface area contributed by atoms with Gasteiger partial charge in [-0.2, -0.15) is 0 Å². The molecule has 4 heteroatoms. The van der Waals surface area contributed by atoms with Crippen LogP contribution in [0, 0.1) is 0 Å². The summed E-state index contributed by atoms with van der Waals surface area (Å²) in [6.45, 7) is 1.69. The molecule has 1 amide bonds. The molecule has 4 nitrogen and oxygen atoms in total. The second-order valence-electron chi connectivity index (χ2n) is 5.99. The minimum atomic E-state index is 0.194. The van der Waals surface area contributed by atoms with Gasteiger partial charge in [0.05, 0.1) is 0 Å². The van der Waals surface area contributed by atoms with Gasteiger partial charge in [0, 0.05) is 37.3 Å². The molecule has 0 heterocycles. The molecule has 2 fully saturated rings. The summed E-state index contributed by atoms with van der Waals surface area (Å²) in [6, 6.07) is 9.11. The van der Waals surface area contributed by atoms with E-state index >= 15 is 0 Å². The SMILES string of the molecule is Nc1ccccc1CN(CCC(=O)NC1CC1)C1CC1. The molecule has 0 unspecified atom stereocenters. The highest BCUT2D eigenvalue weighted by molar-refractivity contribution is 5.76. The first-order valence-electron chi connectivity index (χ1n) is 7.59. The summed E-state index contributed by atoms with van der Waals surface area (Å²) in [6.07, 6.45) is 5.39. The van der Waals surface area contributed by atoms with Crippen LogP contribution >= 0.6 is 0 Å². The number of carbonyl (C=O) groups excluding carboxylic acids is 1. The van der Waals surface area contributed by atoms with Crippen LogP contribution in [0.2, 0.25) is 0 Å². The Morgan fingerprint density at radius 1 is 1.25 bits per heavy atom. The minimum Gasteiger partial charge on any atom is -0.398 e. The standard InChI is InChI=1S/C16H23N3O/c17-15-4-2-1-3-12(15)11-19(14-7-8-14)10-9-16(20)18-13-5-6-13/h1-4,13-14H,5-11,17H2,(H,18,20). The summed E-state index contributed by atoms with van der Waals surface area (Å²) in [5.74, 6) is 0.194. The van der Waals surface area contributed by atoms with Crippen LogP contribution in [0.4, 0.5) is 5.69 Å². The van der Waals surface area contributed by atoms with E-state index in [-0.39, 0.29) is 5.91 Å². The van der Waals surface area contributed by atoms with Crippen LogP contribution in [0.1, 0.15) is 37.7 Å². The second kappa shape index (κ2) is 5.83. The molecule has 0 saturated heterocycles. The van der Waals surface area contributed by atoms with Gasteiger partial charge in [-0.1, -0.05) is 18.2 Å². The summed E-state index contributed by atoms with van der Waals surface area (Å²) < 4.78 is 0. The number of nitrogens with two attached hydrogens (primary N) is 1. The Balaban J connectivity index is 1.52. The van der Waals surface area contributed by atoms with Crippen molar-refractivity contribution in [1.82, 2.24) is 10.2 Å². The summed E-state index contributed by atoms with van der Waals surface area (Å²) in [5, 5.41) is 3.05. The highest BCUT2D eigenvalue weighted by Crippen LogP contribution is 2.29. The molecule has 0 radical (unpaired) electrons. The Labute approximate surface area is 120 Å². The number of benzene rings is 1. The van der Waals surface area contributed by atoms with E-state index in [1.807, 2.05) is 18.2 Å². The van der Waals surface area contributed by atoms with Crippen molar-refractivity contribution in [3.63, 3.8) is 0 Å². The van der Waals surface area contributed by atoms with Gasteiger partial charge in [0.15, 0.2) is 0 Å². The monoisotopic (exact) mass is 273 g/mol. The summed E-state index contributed by atoms with van der Waals surface area (Å²) >= 11 is 0. The van der Waals surface area contributed by atoms with Gasteiger partial charge < -0.3 is 11.1 Å². The van der Waals surface area contributed by atoms with Gasteiger partial charge in [-0.25, -0.2) is 0 Å². The molecular weight excluding hydrogens is 250 g/mol. The Morgan fingerprint density at radius 3 is 2.65 bits per heavy atom. The van der Waals surface area contributed by atoms with Crippen molar-refractivity contribution in [3.05, 3.63) is 29.8 Å². The van der Waals surface area contributed by atoms with Crippen LogP contribution < -0.4 is 11.1 Å². The molecule has 1 aromatic rings. The highest BCUT2D eigenvalue weighted by atomic mass is 16.1. The third-order valence-electron chi connectivity index (χ3n) is 4.06. The third-order valence-corrected chi connectivity index (χ3v) is 4.06. The van der Waals surface area contributed by atoms with Crippen molar-refractivity contribution >= 4 is 11.6 Å². The zero-order valence-corrected chi connectivity index (χ0v) is 11.8. The lowest BCUT2D eigenvalue weighted by Gasteiger charge is -2.22. The maximum atomic E-state index is 11.8. The maximum Gasteiger partial charge on any atom is 0.221 e.